The molecule has 3 amide bonds. The molecule has 2 aliphatic rings. The van der Waals surface area contributed by atoms with E-state index >= 15 is 0 Å². The first kappa shape index (κ1) is 18.3. The fraction of sp³-hybridized carbons (Fsp3) is 0.312. The molecule has 2 fully saturated rings. The van der Waals surface area contributed by atoms with E-state index in [1.54, 1.807) is 42.1 Å². The van der Waals surface area contributed by atoms with Crippen LogP contribution in [0.5, 0.6) is 0 Å². The Morgan fingerprint density at radius 1 is 1.36 bits per heavy atom. The Labute approximate surface area is 158 Å². The number of carbonyl (C=O) groups is 3. The third-order valence-electron chi connectivity index (χ3n) is 3.76. The minimum absolute atomic E-state index is 0.224. The number of nitrogens with one attached hydrogen (secondary N) is 1. The highest BCUT2D eigenvalue weighted by Gasteiger charge is 2.37. The van der Waals surface area contributed by atoms with Crippen molar-refractivity contribution in [2.75, 3.05) is 18.1 Å². The predicted octanol–water partition coefficient (Wildman–Crippen LogP) is 1.97. The first-order chi connectivity index (χ1) is 12.0. The number of aliphatic hydroxyl groups is 1. The topological polar surface area (TPSA) is 86.7 Å². The highest BCUT2D eigenvalue weighted by Crippen LogP contribution is 2.33. The second-order valence-corrected chi connectivity index (χ2v) is 8.04. The van der Waals surface area contributed by atoms with Crippen LogP contribution in [0, 0.1) is 0 Å². The number of halogens is 1. The summed E-state index contributed by atoms with van der Waals surface area (Å²) in [4.78, 5) is 37.7. The van der Waals surface area contributed by atoms with Crippen molar-refractivity contribution in [2.24, 2.45) is 0 Å². The maximum atomic E-state index is 12.4. The number of imide groups is 1. The lowest BCUT2D eigenvalue weighted by atomic mass is 10.2. The molecule has 6 nitrogen and oxygen atoms in total. The van der Waals surface area contributed by atoms with Crippen molar-refractivity contribution in [1.29, 1.82) is 0 Å². The highest BCUT2D eigenvalue weighted by atomic mass is 35.5. The van der Waals surface area contributed by atoms with Crippen LogP contribution in [-0.4, -0.2) is 57.3 Å². The zero-order valence-corrected chi connectivity index (χ0v) is 15.4. The maximum Gasteiger partial charge on any atom is 0.294 e. The van der Waals surface area contributed by atoms with Gasteiger partial charge in [0.05, 0.1) is 17.1 Å². The minimum atomic E-state index is -0.607. The second kappa shape index (κ2) is 7.82. The number of amides is 3. The van der Waals surface area contributed by atoms with Gasteiger partial charge in [-0.2, -0.15) is 11.8 Å². The van der Waals surface area contributed by atoms with Gasteiger partial charge < -0.3 is 10.4 Å². The summed E-state index contributed by atoms with van der Waals surface area (Å²) in [5.74, 6) is 0.188. The van der Waals surface area contributed by atoms with Gasteiger partial charge in [-0.25, -0.2) is 0 Å². The predicted molar refractivity (Wildman–Crippen MR) is 99.4 cm³/mol. The minimum Gasteiger partial charge on any atom is -0.390 e. The van der Waals surface area contributed by atoms with Crippen molar-refractivity contribution < 1.29 is 19.5 Å². The van der Waals surface area contributed by atoms with Gasteiger partial charge in [-0.15, -0.1) is 0 Å². The Morgan fingerprint density at radius 2 is 2.12 bits per heavy atom. The third-order valence-corrected chi connectivity index (χ3v) is 6.19. The fourth-order valence-corrected chi connectivity index (χ4v) is 4.64. The van der Waals surface area contributed by atoms with Crippen LogP contribution in [0.4, 0.5) is 4.79 Å². The van der Waals surface area contributed by atoms with E-state index in [2.05, 4.69) is 5.32 Å². The molecule has 1 aromatic rings. The average molecular weight is 399 g/mol. The van der Waals surface area contributed by atoms with Crippen LogP contribution in [0.3, 0.4) is 0 Å². The average Bonchev–Trinajstić information content (AvgIpc) is 3.08. The van der Waals surface area contributed by atoms with Gasteiger partial charge in [-0.3, -0.25) is 19.3 Å². The number of aliphatic hydroxyl groups excluding tert-OH is 1. The fourth-order valence-electron chi connectivity index (χ4n) is 2.45. The molecule has 0 unspecified atom stereocenters. The number of thioether (sulfide) groups is 2. The maximum absolute atomic E-state index is 12.4. The van der Waals surface area contributed by atoms with E-state index in [0.717, 1.165) is 16.7 Å². The number of hydrogen-bond donors (Lipinski definition) is 2. The molecule has 1 aromatic carbocycles. The van der Waals surface area contributed by atoms with Crippen LogP contribution in [0.2, 0.25) is 5.02 Å². The van der Waals surface area contributed by atoms with E-state index in [0.29, 0.717) is 22.1 Å². The van der Waals surface area contributed by atoms with Gasteiger partial charge in [0, 0.05) is 16.5 Å². The first-order valence-electron chi connectivity index (χ1n) is 7.51. The molecule has 2 saturated heterocycles. The monoisotopic (exact) mass is 398 g/mol. The summed E-state index contributed by atoms with van der Waals surface area (Å²) in [6.45, 7) is -0.363. The van der Waals surface area contributed by atoms with E-state index in [1.165, 1.54) is 0 Å². The molecule has 2 N–H and O–H groups in total. The lowest BCUT2D eigenvalue weighted by Crippen LogP contribution is -2.47. The van der Waals surface area contributed by atoms with Crippen molar-refractivity contribution in [1.82, 2.24) is 10.2 Å². The number of carbonyl (C=O) groups excluding carboxylic acids is 3. The normalized spacial score (nSPS) is 25.0. The van der Waals surface area contributed by atoms with E-state index < -0.39 is 23.2 Å². The Bertz CT molecular complexity index is 755. The molecule has 0 aliphatic carbocycles. The smallest absolute Gasteiger partial charge is 0.294 e. The standard InChI is InChI=1S/C16H15ClN2O4S2/c17-10-4-2-1-3-9(10)5-13-15(22)19(16(23)25-13)6-14(21)18-11-7-24-8-12(11)20/h1-5,11-12,20H,6-8H2,(H,18,21)/b13-5-/t11-,12-/m1/s1. The summed E-state index contributed by atoms with van der Waals surface area (Å²) in [5.41, 5.74) is 0.630. The summed E-state index contributed by atoms with van der Waals surface area (Å²) in [7, 11) is 0. The summed E-state index contributed by atoms with van der Waals surface area (Å²) < 4.78 is 0. The van der Waals surface area contributed by atoms with Crippen molar-refractivity contribution in [3.8, 4) is 0 Å². The van der Waals surface area contributed by atoms with Crippen molar-refractivity contribution in [2.45, 2.75) is 12.1 Å². The summed E-state index contributed by atoms with van der Waals surface area (Å²) in [6, 6.07) is 6.63. The Hall–Kier alpha value is -1.48. The van der Waals surface area contributed by atoms with Gasteiger partial charge in [-0.05, 0) is 29.5 Å². The lowest BCUT2D eigenvalue weighted by molar-refractivity contribution is -0.129. The van der Waals surface area contributed by atoms with Gasteiger partial charge in [0.1, 0.15) is 6.54 Å². The second-order valence-electron chi connectivity index (χ2n) is 5.57. The Balaban J connectivity index is 1.67. The molecule has 0 spiro atoms. The summed E-state index contributed by atoms with van der Waals surface area (Å²) in [6.07, 6.45) is 0.937. The largest absolute Gasteiger partial charge is 0.390 e. The Morgan fingerprint density at radius 3 is 2.80 bits per heavy atom. The molecule has 9 heteroatoms. The zero-order valence-electron chi connectivity index (χ0n) is 13.0. The number of rotatable bonds is 4. The van der Waals surface area contributed by atoms with Crippen molar-refractivity contribution in [3.63, 3.8) is 0 Å². The lowest BCUT2D eigenvalue weighted by Gasteiger charge is -2.18. The van der Waals surface area contributed by atoms with Gasteiger partial charge in [-0.1, -0.05) is 29.8 Å². The number of nitrogens with zero attached hydrogens (tertiary/aromatic N) is 1. The van der Waals surface area contributed by atoms with Crippen LogP contribution in [0.1, 0.15) is 5.56 Å². The SMILES string of the molecule is O=C(CN1C(=O)S/C(=C\c2ccccc2Cl)C1=O)N[C@@H]1CSC[C@H]1O. The number of benzene rings is 1. The highest BCUT2D eigenvalue weighted by molar-refractivity contribution is 8.18. The molecule has 0 aromatic heterocycles. The molecule has 2 heterocycles. The first-order valence-corrected chi connectivity index (χ1v) is 9.85. The van der Waals surface area contributed by atoms with Gasteiger partial charge in [0.25, 0.3) is 11.1 Å². The molecule has 2 atom stereocenters. The van der Waals surface area contributed by atoms with E-state index in [-0.39, 0.29) is 17.5 Å². The van der Waals surface area contributed by atoms with Crippen LogP contribution in [0.15, 0.2) is 29.2 Å². The van der Waals surface area contributed by atoms with E-state index in [9.17, 15) is 19.5 Å². The quantitative estimate of drug-likeness (QED) is 0.754. The molecule has 0 saturated carbocycles. The molecule has 0 bridgehead atoms. The third kappa shape index (κ3) is 4.20. The Kier molecular flexibility index (Phi) is 5.73. The van der Waals surface area contributed by atoms with Crippen LogP contribution >= 0.6 is 35.1 Å². The van der Waals surface area contributed by atoms with Crippen molar-refractivity contribution >= 4 is 58.3 Å². The van der Waals surface area contributed by atoms with Crippen LogP contribution in [0.25, 0.3) is 6.08 Å². The van der Waals surface area contributed by atoms with Crippen LogP contribution in [-0.2, 0) is 9.59 Å². The molecule has 25 heavy (non-hydrogen) atoms. The molecule has 3 rings (SSSR count). The van der Waals surface area contributed by atoms with E-state index in [1.807, 2.05) is 0 Å². The summed E-state index contributed by atoms with van der Waals surface area (Å²) >= 11 is 8.38. The molecule has 2 aliphatic heterocycles. The number of hydrogen-bond acceptors (Lipinski definition) is 6. The molecule has 0 radical (unpaired) electrons. The van der Waals surface area contributed by atoms with E-state index in [4.69, 9.17) is 11.6 Å². The zero-order chi connectivity index (χ0) is 18.0. The molecular weight excluding hydrogens is 384 g/mol. The van der Waals surface area contributed by atoms with Gasteiger partial charge in [0.2, 0.25) is 5.91 Å². The van der Waals surface area contributed by atoms with Crippen LogP contribution < -0.4 is 5.32 Å². The summed E-state index contributed by atoms with van der Waals surface area (Å²) in [5, 5.41) is 12.4. The molecule has 132 valence electrons. The van der Waals surface area contributed by atoms with Gasteiger partial charge >= 0.3 is 0 Å². The van der Waals surface area contributed by atoms with Gasteiger partial charge in [0.15, 0.2) is 0 Å². The molecular formula is C16H15ClN2O4S2. The van der Waals surface area contributed by atoms with Crippen molar-refractivity contribution in [3.05, 3.63) is 39.8 Å².